The van der Waals surface area contributed by atoms with Crippen LogP contribution in [0.3, 0.4) is 0 Å². The third kappa shape index (κ3) is 2.50. The van der Waals surface area contributed by atoms with Crippen LogP contribution in [0.2, 0.25) is 5.02 Å². The van der Waals surface area contributed by atoms with E-state index in [1.54, 1.807) is 0 Å². The molecule has 1 aromatic heterocycles. The summed E-state index contributed by atoms with van der Waals surface area (Å²) in [6.07, 6.45) is 4.34. The standard InChI is InChI=1S/C17H19ClN2O2/c18-10-3-5-14-12(8-10)13-9-11(4-6-15(13)20-14)19-17(21)16-2-1-7-22-16/h3,5,8,11,16,20H,1-2,4,6-7,9H2,(H,19,21). The number of aromatic nitrogens is 1. The molecular formula is C17H19ClN2O2. The molecule has 1 amide bonds. The summed E-state index contributed by atoms with van der Waals surface area (Å²) < 4.78 is 5.46. The molecule has 1 aliphatic heterocycles. The lowest BCUT2D eigenvalue weighted by Crippen LogP contribution is -2.43. The van der Waals surface area contributed by atoms with Gasteiger partial charge in [0.1, 0.15) is 6.10 Å². The highest BCUT2D eigenvalue weighted by atomic mass is 35.5. The number of fused-ring (bicyclic) bond motifs is 3. The molecule has 2 heterocycles. The number of aryl methyl sites for hydroxylation is 1. The fourth-order valence-electron chi connectivity index (χ4n) is 3.59. The Hall–Kier alpha value is -1.52. The van der Waals surface area contributed by atoms with Crippen molar-refractivity contribution in [3.8, 4) is 0 Å². The lowest BCUT2D eigenvalue weighted by molar-refractivity contribution is -0.130. The van der Waals surface area contributed by atoms with Gasteiger partial charge in [0.05, 0.1) is 0 Å². The Kier molecular flexibility index (Phi) is 3.59. The number of halogens is 1. The highest BCUT2D eigenvalue weighted by Gasteiger charge is 2.28. The molecule has 2 atom stereocenters. The van der Waals surface area contributed by atoms with Gasteiger partial charge in [-0.1, -0.05) is 11.6 Å². The summed E-state index contributed by atoms with van der Waals surface area (Å²) in [5, 5.41) is 5.09. The molecule has 2 unspecified atom stereocenters. The number of rotatable bonds is 2. The largest absolute Gasteiger partial charge is 0.368 e. The number of amides is 1. The van der Waals surface area contributed by atoms with E-state index in [4.69, 9.17) is 16.3 Å². The van der Waals surface area contributed by atoms with Crippen molar-refractivity contribution in [3.63, 3.8) is 0 Å². The molecule has 0 radical (unpaired) electrons. The van der Waals surface area contributed by atoms with Gasteiger partial charge in [-0.3, -0.25) is 4.79 Å². The zero-order valence-corrected chi connectivity index (χ0v) is 13.1. The average molecular weight is 319 g/mol. The summed E-state index contributed by atoms with van der Waals surface area (Å²) in [6.45, 7) is 0.702. The fourth-order valence-corrected chi connectivity index (χ4v) is 3.76. The van der Waals surface area contributed by atoms with Crippen LogP contribution in [0, 0.1) is 0 Å². The number of ether oxygens (including phenoxy) is 1. The molecule has 2 N–H and O–H groups in total. The van der Waals surface area contributed by atoms with E-state index in [0.29, 0.717) is 6.61 Å². The number of carbonyl (C=O) groups excluding carboxylic acids is 1. The van der Waals surface area contributed by atoms with Crippen LogP contribution in [0.4, 0.5) is 0 Å². The minimum Gasteiger partial charge on any atom is -0.368 e. The van der Waals surface area contributed by atoms with Crippen molar-refractivity contribution >= 4 is 28.4 Å². The molecule has 1 saturated heterocycles. The summed E-state index contributed by atoms with van der Waals surface area (Å²) in [6, 6.07) is 6.12. The molecule has 1 fully saturated rings. The van der Waals surface area contributed by atoms with Crippen LogP contribution in [0.25, 0.3) is 10.9 Å². The van der Waals surface area contributed by atoms with E-state index in [0.717, 1.165) is 42.6 Å². The van der Waals surface area contributed by atoms with E-state index >= 15 is 0 Å². The van der Waals surface area contributed by atoms with Crippen molar-refractivity contribution < 1.29 is 9.53 Å². The monoisotopic (exact) mass is 318 g/mol. The Morgan fingerprint density at radius 1 is 1.36 bits per heavy atom. The Balaban J connectivity index is 1.54. The van der Waals surface area contributed by atoms with E-state index in [1.807, 2.05) is 18.2 Å². The van der Waals surface area contributed by atoms with Gasteiger partial charge >= 0.3 is 0 Å². The van der Waals surface area contributed by atoms with Crippen molar-refractivity contribution in [2.45, 2.75) is 44.2 Å². The zero-order valence-electron chi connectivity index (χ0n) is 12.3. The molecule has 5 heteroatoms. The third-order valence-electron chi connectivity index (χ3n) is 4.72. The maximum atomic E-state index is 12.2. The molecule has 1 aromatic carbocycles. The molecule has 0 bridgehead atoms. The normalized spacial score (nSPS) is 24.4. The molecule has 0 spiro atoms. The van der Waals surface area contributed by atoms with Gasteiger partial charge in [0.25, 0.3) is 0 Å². The molecule has 4 nitrogen and oxygen atoms in total. The van der Waals surface area contributed by atoms with E-state index in [9.17, 15) is 4.79 Å². The van der Waals surface area contributed by atoms with Crippen molar-refractivity contribution in [1.29, 1.82) is 0 Å². The Labute approximate surface area is 134 Å². The maximum absolute atomic E-state index is 12.2. The van der Waals surface area contributed by atoms with Gasteiger partial charge in [0.15, 0.2) is 0 Å². The lowest BCUT2D eigenvalue weighted by Gasteiger charge is -2.25. The van der Waals surface area contributed by atoms with Crippen LogP contribution in [-0.2, 0) is 22.4 Å². The third-order valence-corrected chi connectivity index (χ3v) is 4.95. The minimum absolute atomic E-state index is 0.0452. The maximum Gasteiger partial charge on any atom is 0.249 e. The second kappa shape index (κ2) is 5.60. The molecule has 116 valence electrons. The van der Waals surface area contributed by atoms with Crippen LogP contribution >= 0.6 is 11.6 Å². The fraction of sp³-hybridized carbons (Fsp3) is 0.471. The van der Waals surface area contributed by atoms with Crippen molar-refractivity contribution in [3.05, 3.63) is 34.5 Å². The van der Waals surface area contributed by atoms with Crippen molar-refractivity contribution in [1.82, 2.24) is 10.3 Å². The molecule has 0 saturated carbocycles. The molecule has 22 heavy (non-hydrogen) atoms. The number of hydrogen-bond acceptors (Lipinski definition) is 2. The van der Waals surface area contributed by atoms with Gasteiger partial charge in [-0.15, -0.1) is 0 Å². The zero-order chi connectivity index (χ0) is 15.1. The number of nitrogens with one attached hydrogen (secondary N) is 2. The molecule has 2 aromatic rings. The molecule has 1 aliphatic carbocycles. The van der Waals surface area contributed by atoms with Crippen molar-refractivity contribution in [2.75, 3.05) is 6.61 Å². The molecule has 4 rings (SSSR count). The first-order chi connectivity index (χ1) is 10.7. The summed E-state index contributed by atoms with van der Waals surface area (Å²) >= 11 is 6.12. The van der Waals surface area contributed by atoms with E-state index in [-0.39, 0.29) is 18.1 Å². The number of carbonyl (C=O) groups is 1. The molecule has 2 aliphatic rings. The summed E-state index contributed by atoms with van der Waals surface area (Å²) in [4.78, 5) is 15.7. The first kappa shape index (κ1) is 14.1. The predicted molar refractivity (Wildman–Crippen MR) is 86.2 cm³/mol. The average Bonchev–Trinajstić information content (AvgIpc) is 3.14. The van der Waals surface area contributed by atoms with E-state index in [1.165, 1.54) is 16.6 Å². The second-order valence-electron chi connectivity index (χ2n) is 6.22. The van der Waals surface area contributed by atoms with Crippen molar-refractivity contribution in [2.24, 2.45) is 0 Å². The second-order valence-corrected chi connectivity index (χ2v) is 6.66. The highest BCUT2D eigenvalue weighted by Crippen LogP contribution is 2.31. The SMILES string of the molecule is O=C(NC1CCc2[nH]c3ccc(Cl)cc3c2C1)C1CCCO1. The number of benzene rings is 1. The summed E-state index contributed by atoms with van der Waals surface area (Å²) in [7, 11) is 0. The highest BCUT2D eigenvalue weighted by molar-refractivity contribution is 6.31. The van der Waals surface area contributed by atoms with Gasteiger partial charge in [-0.05, 0) is 55.9 Å². The van der Waals surface area contributed by atoms with E-state index in [2.05, 4.69) is 10.3 Å². The van der Waals surface area contributed by atoms with Crippen LogP contribution in [0.1, 0.15) is 30.5 Å². The Bertz CT molecular complexity index is 719. The van der Waals surface area contributed by atoms with Gasteiger partial charge in [-0.25, -0.2) is 0 Å². The van der Waals surface area contributed by atoms with E-state index < -0.39 is 0 Å². The number of aromatic amines is 1. The smallest absolute Gasteiger partial charge is 0.249 e. The first-order valence-electron chi connectivity index (χ1n) is 7.91. The number of H-pyrrole nitrogens is 1. The molecular weight excluding hydrogens is 300 g/mol. The minimum atomic E-state index is -0.251. The van der Waals surface area contributed by atoms with Gasteiger partial charge in [0.2, 0.25) is 5.91 Å². The van der Waals surface area contributed by atoms with Crippen LogP contribution in [-0.4, -0.2) is 29.6 Å². The van der Waals surface area contributed by atoms with Crippen LogP contribution in [0.15, 0.2) is 18.2 Å². The van der Waals surface area contributed by atoms with Crippen LogP contribution in [0.5, 0.6) is 0 Å². The van der Waals surface area contributed by atoms with Gasteiger partial charge in [-0.2, -0.15) is 0 Å². The first-order valence-corrected chi connectivity index (χ1v) is 8.29. The topological polar surface area (TPSA) is 54.1 Å². The number of hydrogen-bond donors (Lipinski definition) is 2. The van der Waals surface area contributed by atoms with Gasteiger partial charge in [0, 0.05) is 34.3 Å². The van der Waals surface area contributed by atoms with Crippen LogP contribution < -0.4 is 5.32 Å². The Morgan fingerprint density at radius 3 is 3.09 bits per heavy atom. The summed E-state index contributed by atoms with van der Waals surface area (Å²) in [5.41, 5.74) is 3.70. The lowest BCUT2D eigenvalue weighted by atomic mass is 9.91. The van der Waals surface area contributed by atoms with Gasteiger partial charge < -0.3 is 15.0 Å². The predicted octanol–water partition coefficient (Wildman–Crippen LogP) is 2.97. The Morgan fingerprint density at radius 2 is 2.27 bits per heavy atom. The quantitative estimate of drug-likeness (QED) is 0.894. The summed E-state index contributed by atoms with van der Waals surface area (Å²) in [5.74, 6) is 0.0452.